The van der Waals surface area contributed by atoms with Crippen LogP contribution in [0.3, 0.4) is 0 Å². The van der Waals surface area contributed by atoms with Gasteiger partial charge in [-0.05, 0) is 77.4 Å². The van der Waals surface area contributed by atoms with Crippen molar-refractivity contribution in [1.82, 2.24) is 9.97 Å². The molecule has 0 saturated heterocycles. The number of hydrogen-bond donors (Lipinski definition) is 1. The molecule has 1 N–H and O–H groups in total. The van der Waals surface area contributed by atoms with E-state index in [2.05, 4.69) is 20.0 Å². The van der Waals surface area contributed by atoms with Crippen molar-refractivity contribution in [2.45, 2.75) is 0 Å². The molecule has 0 bridgehead atoms. The molecule has 0 aliphatic heterocycles. The van der Waals surface area contributed by atoms with Crippen LogP contribution in [0.1, 0.15) is 22.5 Å². The highest BCUT2D eigenvalue weighted by molar-refractivity contribution is 6.30. The number of aliphatic imine (C=N–C) groups is 2. The first-order chi connectivity index (χ1) is 17.1. The fourth-order valence-electron chi connectivity index (χ4n) is 3.46. The van der Waals surface area contributed by atoms with Crippen LogP contribution in [-0.4, -0.2) is 22.4 Å². The average Bonchev–Trinajstić information content (AvgIpc) is 3.29. The Hall–Kier alpha value is -3.99. The van der Waals surface area contributed by atoms with Crippen molar-refractivity contribution in [2.75, 3.05) is 0 Å². The largest absolute Gasteiger partial charge is 0.338 e. The minimum absolute atomic E-state index is 0.707. The van der Waals surface area contributed by atoms with Gasteiger partial charge in [-0.2, -0.15) is 0 Å². The normalized spacial score (nSPS) is 11.9. The second-order valence-corrected chi connectivity index (χ2v) is 8.74. The molecular formula is C29H20Cl2N4. The zero-order chi connectivity index (χ0) is 24.0. The Labute approximate surface area is 213 Å². The lowest BCUT2D eigenvalue weighted by Gasteiger charge is -1.97. The summed E-state index contributed by atoms with van der Waals surface area (Å²) < 4.78 is 0. The molecule has 0 aliphatic rings. The number of imidazole rings is 1. The summed E-state index contributed by atoms with van der Waals surface area (Å²) in [4.78, 5) is 17.1. The Bertz CT molecular complexity index is 1550. The van der Waals surface area contributed by atoms with Crippen LogP contribution < -0.4 is 0 Å². The Morgan fingerprint density at radius 2 is 1.26 bits per heavy atom. The quantitative estimate of drug-likeness (QED) is 0.236. The van der Waals surface area contributed by atoms with Gasteiger partial charge in [0.15, 0.2) is 0 Å². The van der Waals surface area contributed by atoms with E-state index in [-0.39, 0.29) is 0 Å². The smallest absolute Gasteiger partial charge is 0.131 e. The first-order valence-corrected chi connectivity index (χ1v) is 11.7. The van der Waals surface area contributed by atoms with Crippen LogP contribution in [0.4, 0.5) is 11.4 Å². The number of aromatic amines is 1. The van der Waals surface area contributed by atoms with E-state index in [9.17, 15) is 0 Å². The number of benzene rings is 4. The standard InChI is InChI=1S/C29H20Cl2N4/c30-23-9-4-21(5-10-23)18-32-25-3-1-2-20(16-25)8-15-29-34-27-14-13-26(17-28(27)35-29)33-19-22-6-11-24(31)12-7-22/h1-19H,(H,34,35)/b15-8+,32-18?,33-19?. The van der Waals surface area contributed by atoms with Crippen molar-refractivity contribution in [2.24, 2.45) is 9.98 Å². The van der Waals surface area contributed by atoms with E-state index >= 15 is 0 Å². The van der Waals surface area contributed by atoms with E-state index < -0.39 is 0 Å². The van der Waals surface area contributed by atoms with E-state index in [4.69, 9.17) is 23.2 Å². The molecule has 5 rings (SSSR count). The fraction of sp³-hybridized carbons (Fsp3) is 0. The molecule has 170 valence electrons. The topological polar surface area (TPSA) is 53.4 Å². The predicted octanol–water partition coefficient (Wildman–Crippen LogP) is 8.54. The number of nitrogens with one attached hydrogen (secondary N) is 1. The minimum atomic E-state index is 0.707. The van der Waals surface area contributed by atoms with E-state index in [1.54, 1.807) is 0 Å². The third-order valence-corrected chi connectivity index (χ3v) is 5.76. The molecule has 0 aliphatic carbocycles. The van der Waals surface area contributed by atoms with Crippen molar-refractivity contribution in [1.29, 1.82) is 0 Å². The lowest BCUT2D eigenvalue weighted by atomic mass is 10.2. The summed E-state index contributed by atoms with van der Waals surface area (Å²) in [5.41, 5.74) is 6.54. The lowest BCUT2D eigenvalue weighted by molar-refractivity contribution is 1.29. The summed E-state index contributed by atoms with van der Waals surface area (Å²) in [5.74, 6) is 0.772. The Morgan fingerprint density at radius 1 is 0.629 bits per heavy atom. The Balaban J connectivity index is 1.29. The molecule has 4 aromatic carbocycles. The summed E-state index contributed by atoms with van der Waals surface area (Å²) in [6, 6.07) is 29.0. The molecule has 5 aromatic rings. The second-order valence-electron chi connectivity index (χ2n) is 7.87. The molecular weight excluding hydrogens is 475 g/mol. The highest BCUT2D eigenvalue weighted by atomic mass is 35.5. The highest BCUT2D eigenvalue weighted by Crippen LogP contribution is 2.21. The van der Waals surface area contributed by atoms with E-state index in [0.29, 0.717) is 10.0 Å². The lowest BCUT2D eigenvalue weighted by Crippen LogP contribution is -1.79. The molecule has 1 heterocycles. The molecule has 4 nitrogen and oxygen atoms in total. The van der Waals surface area contributed by atoms with Crippen LogP contribution in [0.15, 0.2) is 101 Å². The monoisotopic (exact) mass is 494 g/mol. The summed E-state index contributed by atoms with van der Waals surface area (Å²) in [6.07, 6.45) is 7.61. The zero-order valence-corrected chi connectivity index (χ0v) is 20.1. The third kappa shape index (κ3) is 6.12. The maximum Gasteiger partial charge on any atom is 0.131 e. The fourth-order valence-corrected chi connectivity index (χ4v) is 3.71. The molecule has 0 unspecified atom stereocenters. The molecule has 0 atom stereocenters. The van der Waals surface area contributed by atoms with Gasteiger partial charge < -0.3 is 4.98 Å². The number of hydrogen-bond acceptors (Lipinski definition) is 3. The zero-order valence-electron chi connectivity index (χ0n) is 18.6. The molecule has 1 aromatic heterocycles. The molecule has 35 heavy (non-hydrogen) atoms. The summed E-state index contributed by atoms with van der Waals surface area (Å²) >= 11 is 11.9. The van der Waals surface area contributed by atoms with Gasteiger partial charge in [0.1, 0.15) is 5.82 Å². The van der Waals surface area contributed by atoms with Gasteiger partial charge >= 0.3 is 0 Å². The Kier molecular flexibility index (Phi) is 6.85. The first kappa shape index (κ1) is 22.8. The van der Waals surface area contributed by atoms with Gasteiger partial charge in [0, 0.05) is 22.5 Å². The molecule has 0 saturated carbocycles. The minimum Gasteiger partial charge on any atom is -0.338 e. The number of halogens is 2. The van der Waals surface area contributed by atoms with Crippen LogP contribution in [0.5, 0.6) is 0 Å². The van der Waals surface area contributed by atoms with Gasteiger partial charge in [-0.25, -0.2) is 4.98 Å². The number of nitrogens with zero attached hydrogens (tertiary/aromatic N) is 3. The van der Waals surface area contributed by atoms with Gasteiger partial charge in [0.05, 0.1) is 22.4 Å². The van der Waals surface area contributed by atoms with E-state index in [1.807, 2.05) is 116 Å². The van der Waals surface area contributed by atoms with Crippen LogP contribution in [-0.2, 0) is 0 Å². The van der Waals surface area contributed by atoms with Gasteiger partial charge in [-0.3, -0.25) is 9.98 Å². The first-order valence-electron chi connectivity index (χ1n) is 11.0. The van der Waals surface area contributed by atoms with Crippen LogP contribution in [0.2, 0.25) is 10.0 Å². The van der Waals surface area contributed by atoms with E-state index in [0.717, 1.165) is 44.9 Å². The van der Waals surface area contributed by atoms with Gasteiger partial charge in [0.25, 0.3) is 0 Å². The van der Waals surface area contributed by atoms with Crippen molar-refractivity contribution in [3.8, 4) is 0 Å². The molecule has 0 fully saturated rings. The maximum atomic E-state index is 5.94. The van der Waals surface area contributed by atoms with Crippen molar-refractivity contribution >= 4 is 70.2 Å². The number of fused-ring (bicyclic) bond motifs is 1. The SMILES string of the molecule is Clc1ccc(C=Nc2cccc(/C=C/c3nc4ccc(N=Cc5ccc(Cl)cc5)cc4[nH]3)c2)cc1. The van der Waals surface area contributed by atoms with Gasteiger partial charge in [-0.1, -0.05) is 65.7 Å². The van der Waals surface area contributed by atoms with Gasteiger partial charge in [0.2, 0.25) is 0 Å². The molecule has 0 spiro atoms. The Morgan fingerprint density at radius 3 is 1.91 bits per heavy atom. The van der Waals surface area contributed by atoms with Crippen molar-refractivity contribution < 1.29 is 0 Å². The van der Waals surface area contributed by atoms with Gasteiger partial charge in [-0.15, -0.1) is 0 Å². The van der Waals surface area contributed by atoms with Crippen molar-refractivity contribution in [3.63, 3.8) is 0 Å². The number of H-pyrrole nitrogens is 1. The third-order valence-electron chi connectivity index (χ3n) is 5.25. The molecule has 0 amide bonds. The number of rotatable bonds is 6. The summed E-state index contributed by atoms with van der Waals surface area (Å²) in [5, 5.41) is 1.42. The van der Waals surface area contributed by atoms with Crippen molar-refractivity contribution in [3.05, 3.63) is 124 Å². The predicted molar refractivity (Wildman–Crippen MR) is 149 cm³/mol. The highest BCUT2D eigenvalue weighted by Gasteiger charge is 2.02. The maximum absolute atomic E-state index is 5.94. The molecule has 6 heteroatoms. The summed E-state index contributed by atoms with van der Waals surface area (Å²) in [6.45, 7) is 0. The second kappa shape index (κ2) is 10.5. The summed E-state index contributed by atoms with van der Waals surface area (Å²) in [7, 11) is 0. The average molecular weight is 495 g/mol. The molecule has 0 radical (unpaired) electrons. The van der Waals surface area contributed by atoms with Crippen LogP contribution in [0, 0.1) is 0 Å². The van der Waals surface area contributed by atoms with Crippen LogP contribution in [0.25, 0.3) is 23.2 Å². The van der Waals surface area contributed by atoms with Crippen LogP contribution >= 0.6 is 23.2 Å². The number of aromatic nitrogens is 2. The van der Waals surface area contributed by atoms with E-state index in [1.165, 1.54) is 0 Å².